The third-order valence-corrected chi connectivity index (χ3v) is 11.1. The zero-order valence-corrected chi connectivity index (χ0v) is 29.7. The van der Waals surface area contributed by atoms with Crippen molar-refractivity contribution in [2.45, 2.75) is 82.8 Å². The highest BCUT2D eigenvalue weighted by molar-refractivity contribution is 7.92. The minimum Gasteiger partial charge on any atom is -0.495 e. The molecule has 0 saturated heterocycles. The van der Waals surface area contributed by atoms with Crippen molar-refractivity contribution >= 4 is 27.5 Å². The molecule has 0 unspecified atom stereocenters. The number of anilines is 1. The Morgan fingerprint density at radius 2 is 1.49 bits per heavy atom. The number of hydrogen-bond donors (Lipinski definition) is 1. The normalized spacial score (nSPS) is 14.1. The number of rotatable bonds is 13. The van der Waals surface area contributed by atoms with Crippen LogP contribution < -0.4 is 14.4 Å². The molecule has 258 valence electrons. The van der Waals surface area contributed by atoms with Crippen LogP contribution in [0.2, 0.25) is 0 Å². The predicted octanol–water partition coefficient (Wildman–Crippen LogP) is 6.90. The Hall–Kier alpha value is -4.63. The maximum Gasteiger partial charge on any atom is 0.264 e. The summed E-state index contributed by atoms with van der Waals surface area (Å²) in [5.74, 6) is -0.420. The van der Waals surface area contributed by atoms with E-state index in [-0.39, 0.29) is 35.5 Å². The summed E-state index contributed by atoms with van der Waals surface area (Å²) >= 11 is 0. The van der Waals surface area contributed by atoms with E-state index in [4.69, 9.17) is 4.74 Å². The van der Waals surface area contributed by atoms with Crippen LogP contribution in [0.3, 0.4) is 0 Å². The fourth-order valence-corrected chi connectivity index (χ4v) is 7.83. The first kappa shape index (κ1) is 35.7. The summed E-state index contributed by atoms with van der Waals surface area (Å²) in [7, 11) is -2.78. The third kappa shape index (κ3) is 8.89. The molecule has 2 amide bonds. The minimum atomic E-state index is -4.25. The molecule has 49 heavy (non-hydrogen) atoms. The van der Waals surface area contributed by atoms with Crippen molar-refractivity contribution in [2.24, 2.45) is 0 Å². The van der Waals surface area contributed by atoms with Gasteiger partial charge in [-0.15, -0.1) is 0 Å². The molecule has 1 aliphatic carbocycles. The lowest BCUT2D eigenvalue weighted by atomic mass is 9.94. The number of benzene rings is 4. The van der Waals surface area contributed by atoms with Gasteiger partial charge in [0.05, 0.1) is 17.7 Å². The SMILES string of the molecule is COc1ccc(C)cc1N(CC(=O)N(Cc1ccccc1C)[C@@H](Cc1ccccc1)C(=O)NC1CCCCC1)S(=O)(=O)c1ccc(C)cc1. The molecule has 0 aromatic heterocycles. The van der Waals surface area contributed by atoms with Gasteiger partial charge in [-0.25, -0.2) is 8.42 Å². The highest BCUT2D eigenvalue weighted by Crippen LogP contribution is 2.34. The number of ether oxygens (including phenoxy) is 1. The first-order chi connectivity index (χ1) is 23.6. The first-order valence-corrected chi connectivity index (χ1v) is 18.4. The van der Waals surface area contributed by atoms with Gasteiger partial charge in [-0.05, 0) is 80.1 Å². The van der Waals surface area contributed by atoms with Gasteiger partial charge in [0.15, 0.2) is 0 Å². The minimum absolute atomic E-state index is 0.0323. The van der Waals surface area contributed by atoms with Crippen LogP contribution in [-0.2, 0) is 32.6 Å². The molecule has 1 atom stereocenters. The van der Waals surface area contributed by atoms with Gasteiger partial charge in [0.1, 0.15) is 18.3 Å². The molecule has 0 heterocycles. The molecule has 1 saturated carbocycles. The molecule has 1 fully saturated rings. The van der Waals surface area contributed by atoms with Crippen LogP contribution in [0.5, 0.6) is 5.75 Å². The van der Waals surface area contributed by atoms with Crippen molar-refractivity contribution in [1.82, 2.24) is 10.2 Å². The molecule has 8 nitrogen and oxygen atoms in total. The van der Waals surface area contributed by atoms with Crippen LogP contribution in [0.1, 0.15) is 59.9 Å². The molecule has 0 bridgehead atoms. The van der Waals surface area contributed by atoms with E-state index in [0.29, 0.717) is 5.75 Å². The van der Waals surface area contributed by atoms with Crippen molar-refractivity contribution < 1.29 is 22.7 Å². The number of hydrogen-bond acceptors (Lipinski definition) is 5. The Morgan fingerprint density at radius 3 is 2.16 bits per heavy atom. The quantitative estimate of drug-likeness (QED) is 0.166. The predicted molar refractivity (Wildman–Crippen MR) is 194 cm³/mol. The Labute approximate surface area is 291 Å². The first-order valence-electron chi connectivity index (χ1n) is 17.0. The third-order valence-electron chi connectivity index (χ3n) is 9.32. The van der Waals surface area contributed by atoms with Crippen LogP contribution >= 0.6 is 0 Å². The van der Waals surface area contributed by atoms with Gasteiger partial charge < -0.3 is 15.0 Å². The highest BCUT2D eigenvalue weighted by Gasteiger charge is 2.36. The van der Waals surface area contributed by atoms with E-state index in [1.807, 2.05) is 81.4 Å². The average Bonchev–Trinajstić information content (AvgIpc) is 3.10. The van der Waals surface area contributed by atoms with E-state index in [2.05, 4.69) is 5.32 Å². The van der Waals surface area contributed by atoms with E-state index < -0.39 is 28.5 Å². The topological polar surface area (TPSA) is 96.0 Å². The molecule has 0 spiro atoms. The number of carbonyl (C=O) groups is 2. The summed E-state index contributed by atoms with van der Waals surface area (Å²) in [5, 5.41) is 3.26. The van der Waals surface area contributed by atoms with Crippen LogP contribution in [-0.4, -0.2) is 50.9 Å². The molecule has 4 aromatic rings. The van der Waals surface area contributed by atoms with Gasteiger partial charge in [0, 0.05) is 19.0 Å². The lowest BCUT2D eigenvalue weighted by molar-refractivity contribution is -0.140. The summed E-state index contributed by atoms with van der Waals surface area (Å²) < 4.78 is 35.7. The number of aryl methyl sites for hydroxylation is 3. The smallest absolute Gasteiger partial charge is 0.264 e. The maximum absolute atomic E-state index is 14.9. The van der Waals surface area contributed by atoms with Gasteiger partial charge in [-0.1, -0.05) is 97.6 Å². The number of carbonyl (C=O) groups excluding carboxylic acids is 2. The second-order valence-corrected chi connectivity index (χ2v) is 14.9. The van der Waals surface area contributed by atoms with Crippen LogP contribution in [0.15, 0.2) is 102 Å². The van der Waals surface area contributed by atoms with Gasteiger partial charge in [0.2, 0.25) is 11.8 Å². The number of methoxy groups -OCH3 is 1. The standard InChI is InChI=1S/C40H47N3O5S/c1-29-19-22-35(23-20-29)49(46,47)43(36-25-30(2)21-24-38(36)48-4)28-39(44)42(27-33-16-12-11-13-31(33)3)37(26-32-14-7-5-8-15-32)40(45)41-34-17-9-6-10-18-34/h5,7-8,11-16,19-25,34,37H,6,9-10,17-18,26-28H2,1-4H3,(H,41,45)/t37-/m0/s1. The maximum atomic E-state index is 14.9. The molecular formula is C40H47N3O5S. The van der Waals surface area contributed by atoms with Crippen molar-refractivity contribution in [3.63, 3.8) is 0 Å². The Kier molecular flexibility index (Phi) is 11.8. The molecule has 9 heteroatoms. The summed E-state index contributed by atoms with van der Waals surface area (Å²) in [4.78, 5) is 30.8. The van der Waals surface area contributed by atoms with E-state index in [9.17, 15) is 18.0 Å². The van der Waals surface area contributed by atoms with Gasteiger partial charge in [-0.3, -0.25) is 13.9 Å². The molecule has 1 N–H and O–H groups in total. The van der Waals surface area contributed by atoms with Gasteiger partial charge >= 0.3 is 0 Å². The zero-order chi connectivity index (χ0) is 35.0. The molecule has 4 aromatic carbocycles. The zero-order valence-electron chi connectivity index (χ0n) is 28.9. The Morgan fingerprint density at radius 1 is 0.837 bits per heavy atom. The fourth-order valence-electron chi connectivity index (χ4n) is 6.41. The van der Waals surface area contributed by atoms with Crippen molar-refractivity contribution in [3.05, 3.63) is 125 Å². The number of sulfonamides is 1. The van der Waals surface area contributed by atoms with E-state index >= 15 is 0 Å². The molecular weight excluding hydrogens is 635 g/mol. The lowest BCUT2D eigenvalue weighted by Crippen LogP contribution is -2.55. The number of nitrogens with zero attached hydrogens (tertiary/aromatic N) is 2. The summed E-state index contributed by atoms with van der Waals surface area (Å²) in [6.07, 6.45) is 5.30. The summed E-state index contributed by atoms with van der Waals surface area (Å²) in [6.45, 7) is 5.31. The van der Waals surface area contributed by atoms with E-state index in [0.717, 1.165) is 64.2 Å². The highest BCUT2D eigenvalue weighted by atomic mass is 32.2. The van der Waals surface area contributed by atoms with Crippen LogP contribution in [0.4, 0.5) is 5.69 Å². The second-order valence-electron chi connectivity index (χ2n) is 13.0. The van der Waals surface area contributed by atoms with Gasteiger partial charge in [0.25, 0.3) is 10.0 Å². The van der Waals surface area contributed by atoms with E-state index in [1.165, 1.54) is 7.11 Å². The summed E-state index contributed by atoms with van der Waals surface area (Å²) in [5.41, 5.74) is 4.71. The lowest BCUT2D eigenvalue weighted by Gasteiger charge is -2.35. The molecule has 0 aliphatic heterocycles. The average molecular weight is 682 g/mol. The second kappa shape index (κ2) is 16.2. The number of nitrogens with one attached hydrogen (secondary N) is 1. The number of amides is 2. The van der Waals surface area contributed by atoms with E-state index in [1.54, 1.807) is 41.3 Å². The monoisotopic (exact) mass is 681 g/mol. The summed E-state index contributed by atoms with van der Waals surface area (Å²) in [6, 6.07) is 28.3. The van der Waals surface area contributed by atoms with Crippen LogP contribution in [0.25, 0.3) is 0 Å². The van der Waals surface area contributed by atoms with Gasteiger partial charge in [-0.2, -0.15) is 0 Å². The van der Waals surface area contributed by atoms with Crippen molar-refractivity contribution in [3.8, 4) is 5.75 Å². The molecule has 1 aliphatic rings. The molecule has 5 rings (SSSR count). The van der Waals surface area contributed by atoms with Crippen molar-refractivity contribution in [1.29, 1.82) is 0 Å². The van der Waals surface area contributed by atoms with Crippen molar-refractivity contribution in [2.75, 3.05) is 18.0 Å². The molecule has 0 radical (unpaired) electrons. The largest absolute Gasteiger partial charge is 0.495 e. The Bertz CT molecular complexity index is 1840. The van der Waals surface area contributed by atoms with Crippen LogP contribution in [0, 0.1) is 20.8 Å². The Balaban J connectivity index is 1.61. The fraction of sp³-hybridized carbons (Fsp3) is 0.350.